The quantitative estimate of drug-likeness (QED) is 0.915. The molecule has 1 heterocycles. The van der Waals surface area contributed by atoms with Gasteiger partial charge in [0.2, 0.25) is 0 Å². The highest BCUT2D eigenvalue weighted by atomic mass is 35.5. The summed E-state index contributed by atoms with van der Waals surface area (Å²) in [6.07, 6.45) is 5.36. The molecule has 0 saturated heterocycles. The Kier molecular flexibility index (Phi) is 4.56. The summed E-state index contributed by atoms with van der Waals surface area (Å²) >= 11 is 5.99. The van der Waals surface area contributed by atoms with Crippen molar-refractivity contribution in [3.8, 4) is 0 Å². The van der Waals surface area contributed by atoms with Crippen molar-refractivity contribution in [2.75, 3.05) is 0 Å². The van der Waals surface area contributed by atoms with Crippen LogP contribution in [0.25, 0.3) is 0 Å². The fourth-order valence-corrected chi connectivity index (χ4v) is 2.11. The summed E-state index contributed by atoms with van der Waals surface area (Å²) in [5.41, 5.74) is 7.41. The van der Waals surface area contributed by atoms with Crippen LogP contribution in [0.2, 0.25) is 5.02 Å². The fourth-order valence-electron chi connectivity index (χ4n) is 1.89. The monoisotopic (exact) mass is 281 g/mol. The Balaban J connectivity index is 2.12. The summed E-state index contributed by atoms with van der Waals surface area (Å²) in [5.74, 6) is -0.310. The second-order valence-electron chi connectivity index (χ2n) is 4.62. The lowest BCUT2D eigenvalue weighted by atomic mass is 10.1. The van der Waals surface area contributed by atoms with E-state index in [0.717, 1.165) is 18.4 Å². The van der Waals surface area contributed by atoms with E-state index in [4.69, 9.17) is 17.3 Å². The smallest absolute Gasteiger partial charge is 0.129 e. The molecule has 5 heteroatoms. The molecule has 1 atom stereocenters. The SMILES string of the molecule is CCC(N)Cc1cnn(Cc2c(F)cccc2Cl)c1. The molecule has 19 heavy (non-hydrogen) atoms. The Bertz CT molecular complexity index is 533. The van der Waals surface area contributed by atoms with Crippen LogP contribution >= 0.6 is 11.6 Å². The molecule has 0 saturated carbocycles. The maximum absolute atomic E-state index is 13.7. The molecular weight excluding hydrogens is 265 g/mol. The first-order chi connectivity index (χ1) is 9.10. The van der Waals surface area contributed by atoms with Crippen molar-refractivity contribution in [3.63, 3.8) is 0 Å². The van der Waals surface area contributed by atoms with E-state index in [0.29, 0.717) is 17.1 Å². The van der Waals surface area contributed by atoms with Crippen LogP contribution in [0.4, 0.5) is 4.39 Å². The third-order valence-corrected chi connectivity index (χ3v) is 3.44. The molecule has 1 aromatic heterocycles. The van der Waals surface area contributed by atoms with Crippen LogP contribution in [-0.2, 0) is 13.0 Å². The lowest BCUT2D eigenvalue weighted by molar-refractivity contribution is 0.585. The van der Waals surface area contributed by atoms with Crippen LogP contribution in [0.15, 0.2) is 30.6 Å². The van der Waals surface area contributed by atoms with E-state index in [1.165, 1.54) is 6.07 Å². The van der Waals surface area contributed by atoms with Crippen LogP contribution in [-0.4, -0.2) is 15.8 Å². The number of nitrogens with two attached hydrogens (primary N) is 1. The predicted octanol–water partition coefficient (Wildman–Crippen LogP) is 3.00. The van der Waals surface area contributed by atoms with Crippen LogP contribution in [0.1, 0.15) is 24.5 Å². The van der Waals surface area contributed by atoms with Gasteiger partial charge in [0.1, 0.15) is 5.82 Å². The fraction of sp³-hybridized carbons (Fsp3) is 0.357. The van der Waals surface area contributed by atoms with Gasteiger partial charge >= 0.3 is 0 Å². The minimum atomic E-state index is -0.310. The van der Waals surface area contributed by atoms with Crippen molar-refractivity contribution >= 4 is 11.6 Å². The van der Waals surface area contributed by atoms with Gasteiger partial charge in [0, 0.05) is 22.8 Å². The van der Waals surface area contributed by atoms with E-state index in [1.807, 2.05) is 13.1 Å². The van der Waals surface area contributed by atoms with Gasteiger partial charge in [-0.2, -0.15) is 5.10 Å². The Labute approximate surface area is 117 Å². The van der Waals surface area contributed by atoms with Gasteiger partial charge < -0.3 is 5.73 Å². The van der Waals surface area contributed by atoms with Gasteiger partial charge in [0.15, 0.2) is 0 Å². The van der Waals surface area contributed by atoms with Crippen molar-refractivity contribution in [2.45, 2.75) is 32.4 Å². The third-order valence-electron chi connectivity index (χ3n) is 3.09. The molecule has 102 valence electrons. The maximum atomic E-state index is 13.7. The number of benzene rings is 1. The molecule has 2 aromatic rings. The largest absolute Gasteiger partial charge is 0.327 e. The molecule has 0 bridgehead atoms. The summed E-state index contributed by atoms with van der Waals surface area (Å²) in [6.45, 7) is 2.38. The molecule has 0 aliphatic carbocycles. The lowest BCUT2D eigenvalue weighted by Crippen LogP contribution is -2.21. The molecule has 2 N–H and O–H groups in total. The van der Waals surface area contributed by atoms with Gasteiger partial charge in [-0.1, -0.05) is 24.6 Å². The molecule has 0 aliphatic heterocycles. The normalized spacial score (nSPS) is 12.6. The Morgan fingerprint density at radius 3 is 2.95 bits per heavy atom. The average Bonchev–Trinajstić information content (AvgIpc) is 2.81. The molecule has 0 radical (unpaired) electrons. The van der Waals surface area contributed by atoms with Crippen molar-refractivity contribution in [2.24, 2.45) is 5.73 Å². The number of rotatable bonds is 5. The minimum absolute atomic E-state index is 0.134. The highest BCUT2D eigenvalue weighted by Gasteiger charge is 2.09. The second kappa shape index (κ2) is 6.17. The topological polar surface area (TPSA) is 43.8 Å². The minimum Gasteiger partial charge on any atom is -0.327 e. The van der Waals surface area contributed by atoms with E-state index in [9.17, 15) is 4.39 Å². The van der Waals surface area contributed by atoms with Crippen molar-refractivity contribution < 1.29 is 4.39 Å². The summed E-state index contributed by atoms with van der Waals surface area (Å²) in [4.78, 5) is 0. The van der Waals surface area contributed by atoms with Gasteiger partial charge in [-0.3, -0.25) is 4.68 Å². The first-order valence-corrected chi connectivity index (χ1v) is 6.67. The highest BCUT2D eigenvalue weighted by Crippen LogP contribution is 2.20. The van der Waals surface area contributed by atoms with Gasteiger partial charge in [0.25, 0.3) is 0 Å². The van der Waals surface area contributed by atoms with Gasteiger partial charge in [-0.05, 0) is 30.5 Å². The van der Waals surface area contributed by atoms with E-state index in [1.54, 1.807) is 23.0 Å². The standard InChI is InChI=1S/C14H17ClFN3/c1-2-11(17)6-10-7-18-19(8-10)9-12-13(15)4-3-5-14(12)16/h3-5,7-8,11H,2,6,9,17H2,1H3. The predicted molar refractivity (Wildman–Crippen MR) is 74.7 cm³/mol. The lowest BCUT2D eigenvalue weighted by Gasteiger charge is -2.06. The zero-order valence-corrected chi connectivity index (χ0v) is 11.6. The number of hydrogen-bond acceptors (Lipinski definition) is 2. The number of halogens is 2. The van der Waals surface area contributed by atoms with Crippen molar-refractivity contribution in [1.29, 1.82) is 0 Å². The molecule has 1 aromatic carbocycles. The number of nitrogens with zero attached hydrogens (tertiary/aromatic N) is 2. The van der Waals surface area contributed by atoms with Crippen LogP contribution in [0.3, 0.4) is 0 Å². The highest BCUT2D eigenvalue weighted by molar-refractivity contribution is 6.31. The summed E-state index contributed by atoms with van der Waals surface area (Å²) in [5, 5.41) is 4.64. The number of hydrogen-bond donors (Lipinski definition) is 1. The summed E-state index contributed by atoms with van der Waals surface area (Å²) in [6, 6.07) is 4.81. The van der Waals surface area contributed by atoms with E-state index in [2.05, 4.69) is 5.10 Å². The Morgan fingerprint density at radius 2 is 2.26 bits per heavy atom. The second-order valence-corrected chi connectivity index (χ2v) is 5.03. The zero-order valence-electron chi connectivity index (χ0n) is 10.8. The summed E-state index contributed by atoms with van der Waals surface area (Å²) in [7, 11) is 0. The van der Waals surface area contributed by atoms with Gasteiger partial charge in [-0.15, -0.1) is 0 Å². The number of aromatic nitrogens is 2. The molecule has 0 spiro atoms. The average molecular weight is 282 g/mol. The van der Waals surface area contributed by atoms with Crippen LogP contribution in [0, 0.1) is 5.82 Å². The van der Waals surface area contributed by atoms with Crippen LogP contribution < -0.4 is 5.73 Å². The molecule has 0 amide bonds. The first-order valence-electron chi connectivity index (χ1n) is 6.30. The van der Waals surface area contributed by atoms with E-state index >= 15 is 0 Å². The van der Waals surface area contributed by atoms with Crippen LogP contribution in [0.5, 0.6) is 0 Å². The zero-order chi connectivity index (χ0) is 13.8. The Morgan fingerprint density at radius 1 is 1.47 bits per heavy atom. The van der Waals surface area contributed by atoms with E-state index in [-0.39, 0.29) is 11.9 Å². The van der Waals surface area contributed by atoms with Crippen molar-refractivity contribution in [1.82, 2.24) is 9.78 Å². The molecule has 1 unspecified atom stereocenters. The summed E-state index contributed by atoms with van der Waals surface area (Å²) < 4.78 is 15.3. The van der Waals surface area contributed by atoms with E-state index < -0.39 is 0 Å². The van der Waals surface area contributed by atoms with Gasteiger partial charge in [-0.25, -0.2) is 4.39 Å². The van der Waals surface area contributed by atoms with Crippen molar-refractivity contribution in [3.05, 3.63) is 52.6 Å². The molecule has 2 rings (SSSR count). The Hall–Kier alpha value is -1.39. The first kappa shape index (κ1) is 14.0. The van der Waals surface area contributed by atoms with Gasteiger partial charge in [0.05, 0.1) is 12.7 Å². The molecule has 0 aliphatic rings. The molecule has 0 fully saturated rings. The third kappa shape index (κ3) is 3.55. The molecule has 3 nitrogen and oxygen atoms in total. The maximum Gasteiger partial charge on any atom is 0.129 e. The molecular formula is C14H17ClFN3.